The summed E-state index contributed by atoms with van der Waals surface area (Å²) in [6.07, 6.45) is 9.99. The summed E-state index contributed by atoms with van der Waals surface area (Å²) in [6.45, 7) is 4.05. The number of benzene rings is 2. The van der Waals surface area contributed by atoms with E-state index in [2.05, 4.69) is 35.9 Å². The van der Waals surface area contributed by atoms with Crippen molar-refractivity contribution in [3.8, 4) is 11.5 Å². The summed E-state index contributed by atoms with van der Waals surface area (Å²) < 4.78 is 6.17. The van der Waals surface area contributed by atoms with Gasteiger partial charge in [-0.3, -0.25) is 20.0 Å². The fourth-order valence-corrected chi connectivity index (χ4v) is 9.16. The number of nitrogens with zero attached hydrogens (tertiary/aromatic N) is 1. The van der Waals surface area contributed by atoms with Crippen LogP contribution in [0.15, 0.2) is 64.4 Å². The second-order valence-corrected chi connectivity index (χ2v) is 14.4. The van der Waals surface area contributed by atoms with Crippen LogP contribution in [-0.2, 0) is 16.6 Å². The van der Waals surface area contributed by atoms with E-state index in [-0.39, 0.29) is 42.4 Å². The second-order valence-electron chi connectivity index (χ2n) is 14.4. The molecule has 7 N–H and O–H groups in total. The van der Waals surface area contributed by atoms with Gasteiger partial charge in [-0.25, -0.2) is 0 Å². The van der Waals surface area contributed by atoms with Gasteiger partial charge in [0.1, 0.15) is 24.2 Å². The minimum absolute atomic E-state index is 0.0287. The first-order valence-corrected chi connectivity index (χ1v) is 17.6. The highest BCUT2D eigenvalue weighted by molar-refractivity contribution is 5.91. The van der Waals surface area contributed by atoms with Gasteiger partial charge >= 0.3 is 0 Å². The van der Waals surface area contributed by atoms with Crippen LogP contribution in [0.25, 0.3) is 0 Å². The SMILES string of the molecule is CCCC(O)CC(O)CC(=O)CCc1ccc(O)c(OC[NH+]2C=C3N=CC(C45CCCC4CC4CNC(N)c6cccc5c64)=C3C2)c1. The third-order valence-corrected chi connectivity index (χ3v) is 11.3. The van der Waals surface area contributed by atoms with Crippen LogP contribution < -0.4 is 20.7 Å². The van der Waals surface area contributed by atoms with Crippen LogP contribution in [0.2, 0.25) is 0 Å². The lowest BCUT2D eigenvalue weighted by atomic mass is 9.57. The number of aliphatic hydroxyl groups excluding tert-OH is 2. The van der Waals surface area contributed by atoms with Crippen molar-refractivity contribution in [2.75, 3.05) is 19.8 Å². The number of aromatic hydroxyl groups is 1. The number of aryl methyl sites for hydroxylation is 1. The van der Waals surface area contributed by atoms with Gasteiger partial charge in [0.05, 0.1) is 18.4 Å². The maximum atomic E-state index is 12.5. The molecule has 3 aliphatic heterocycles. The number of phenols is 1. The zero-order chi connectivity index (χ0) is 32.7. The fraction of sp³-hybridized carbons (Fsp3) is 0.526. The lowest BCUT2D eigenvalue weighted by molar-refractivity contribution is -0.855. The van der Waals surface area contributed by atoms with Gasteiger partial charge in [-0.05, 0) is 90.3 Å². The summed E-state index contributed by atoms with van der Waals surface area (Å²) in [5, 5.41) is 34.2. The number of rotatable bonds is 13. The number of allylic oxidation sites excluding steroid dienone is 1. The number of carbonyl (C=O) groups excluding carboxylic acids is 1. The molecule has 0 bridgehead atoms. The van der Waals surface area contributed by atoms with Gasteiger partial charge < -0.3 is 25.8 Å². The molecule has 1 fully saturated rings. The van der Waals surface area contributed by atoms with E-state index in [1.165, 1.54) is 47.1 Å². The number of nitrogens with two attached hydrogens (primary N) is 1. The molecule has 9 heteroatoms. The molecule has 2 aromatic rings. The number of ketones is 1. The van der Waals surface area contributed by atoms with Crippen LogP contribution >= 0.6 is 0 Å². The number of quaternary nitrogens is 1. The summed E-state index contributed by atoms with van der Waals surface area (Å²) in [4.78, 5) is 18.6. The smallest absolute Gasteiger partial charge is 0.227 e. The lowest BCUT2D eigenvalue weighted by Gasteiger charge is -2.48. The Balaban J connectivity index is 1.02. The number of nitrogens with one attached hydrogen (secondary N) is 2. The number of carbonyl (C=O) groups is 1. The van der Waals surface area contributed by atoms with Crippen LogP contribution in [0.5, 0.6) is 11.5 Å². The van der Waals surface area contributed by atoms with Gasteiger partial charge in [0.15, 0.2) is 11.5 Å². The van der Waals surface area contributed by atoms with Gasteiger partial charge in [-0.2, -0.15) is 0 Å². The van der Waals surface area contributed by atoms with Gasteiger partial charge in [-0.1, -0.05) is 44.0 Å². The highest BCUT2D eigenvalue weighted by Gasteiger charge is 2.55. The summed E-state index contributed by atoms with van der Waals surface area (Å²) in [5.74, 6) is 1.51. The van der Waals surface area contributed by atoms with Gasteiger partial charge in [-0.15, -0.1) is 0 Å². The predicted molar refractivity (Wildman–Crippen MR) is 180 cm³/mol. The molecule has 7 rings (SSSR count). The van der Waals surface area contributed by atoms with E-state index in [0.29, 0.717) is 37.2 Å². The Morgan fingerprint density at radius 2 is 2.11 bits per heavy atom. The molecule has 0 aromatic heterocycles. The van der Waals surface area contributed by atoms with Crippen molar-refractivity contribution in [3.05, 3.63) is 81.7 Å². The summed E-state index contributed by atoms with van der Waals surface area (Å²) in [7, 11) is 0. The molecule has 3 heterocycles. The molecule has 0 radical (unpaired) electrons. The molecule has 1 saturated carbocycles. The highest BCUT2D eigenvalue weighted by atomic mass is 16.5. The van der Waals surface area contributed by atoms with E-state index in [1.807, 2.05) is 6.92 Å². The van der Waals surface area contributed by atoms with Crippen molar-refractivity contribution in [1.82, 2.24) is 5.32 Å². The molecule has 5 aliphatic rings. The number of hydrogen-bond acceptors (Lipinski definition) is 8. The maximum absolute atomic E-state index is 12.5. The third-order valence-electron chi connectivity index (χ3n) is 11.3. The average Bonchev–Trinajstić information content (AvgIpc) is 3.77. The Morgan fingerprint density at radius 1 is 1.23 bits per heavy atom. The monoisotopic (exact) mass is 641 g/mol. The van der Waals surface area contributed by atoms with Crippen LogP contribution in [0.3, 0.4) is 0 Å². The topological polar surface area (TPSA) is 142 Å². The van der Waals surface area contributed by atoms with Crippen molar-refractivity contribution in [2.45, 2.75) is 101 Å². The minimum atomic E-state index is -0.831. The first-order valence-electron chi connectivity index (χ1n) is 17.6. The van der Waals surface area contributed by atoms with Crippen molar-refractivity contribution in [2.24, 2.45) is 16.6 Å². The van der Waals surface area contributed by atoms with Gasteiger partial charge in [0.2, 0.25) is 6.73 Å². The number of Topliss-reactive ketones (excluding diaryl/α,β-unsaturated/α-hetero) is 1. The zero-order valence-corrected chi connectivity index (χ0v) is 27.4. The molecular weight excluding hydrogens is 592 g/mol. The van der Waals surface area contributed by atoms with Crippen molar-refractivity contribution < 1.29 is 29.8 Å². The van der Waals surface area contributed by atoms with E-state index < -0.39 is 12.2 Å². The van der Waals surface area contributed by atoms with Gasteiger partial charge in [0, 0.05) is 36.6 Å². The van der Waals surface area contributed by atoms with Gasteiger partial charge in [0.25, 0.3) is 0 Å². The Labute approximate surface area is 277 Å². The Morgan fingerprint density at radius 3 is 2.96 bits per heavy atom. The maximum Gasteiger partial charge on any atom is 0.227 e. The fourth-order valence-electron chi connectivity index (χ4n) is 9.16. The molecule has 0 saturated heterocycles. The summed E-state index contributed by atoms with van der Waals surface area (Å²) in [6, 6.07) is 12.0. The number of fused-ring (bicyclic) bond motifs is 3. The predicted octanol–water partition coefficient (Wildman–Crippen LogP) is 3.44. The summed E-state index contributed by atoms with van der Waals surface area (Å²) in [5.41, 5.74) is 15.3. The minimum Gasteiger partial charge on any atom is -0.504 e. The Bertz CT molecular complexity index is 1620. The number of hydrogen-bond donors (Lipinski definition) is 6. The summed E-state index contributed by atoms with van der Waals surface area (Å²) >= 11 is 0. The van der Waals surface area contributed by atoms with Crippen LogP contribution in [-0.4, -0.2) is 59.3 Å². The van der Waals surface area contributed by atoms with Crippen molar-refractivity contribution >= 4 is 12.0 Å². The zero-order valence-electron chi connectivity index (χ0n) is 27.4. The van der Waals surface area contributed by atoms with E-state index >= 15 is 0 Å². The molecule has 9 nitrogen and oxygen atoms in total. The number of ether oxygens (including phenoxy) is 1. The lowest BCUT2D eigenvalue weighted by Crippen LogP contribution is -3.07. The molecular formula is C38H49N4O5+. The van der Waals surface area contributed by atoms with Crippen LogP contribution in [0.4, 0.5) is 0 Å². The highest BCUT2D eigenvalue weighted by Crippen LogP contribution is 2.60. The van der Waals surface area contributed by atoms with E-state index in [9.17, 15) is 20.1 Å². The van der Waals surface area contributed by atoms with Crippen molar-refractivity contribution in [3.63, 3.8) is 0 Å². The Hall–Kier alpha value is -3.34. The molecule has 7 atom stereocenters. The largest absolute Gasteiger partial charge is 0.504 e. The first kappa shape index (κ1) is 32.2. The van der Waals surface area contributed by atoms with E-state index in [1.54, 1.807) is 18.2 Å². The third kappa shape index (κ3) is 6.08. The molecule has 250 valence electrons. The Kier molecular flexibility index (Phi) is 9.11. The quantitative estimate of drug-likeness (QED) is 0.197. The molecule has 2 aromatic carbocycles. The number of aliphatic imine (C=N–C) groups is 1. The standard InChI is InChI=1S/C38H48N4O5/c1-2-5-26(43)16-28(45)17-27(44)11-9-23-10-12-34(46)35(14-23)47-22-42-20-30-32(19-40-33(30)21-42)38-13-4-6-25(38)15-24-18-41-37(39)29-7-3-8-31(38)36(24)29/h3,7-8,10,12,14,19,21,24-26,28,37,41,43,45-46H,2,4-6,9,11,13,15-18,20,22,39H2,1H3/p+1. The average molecular weight is 642 g/mol. The van der Waals surface area contributed by atoms with E-state index in [4.69, 9.17) is 15.5 Å². The molecule has 0 amide bonds. The van der Waals surface area contributed by atoms with Crippen LogP contribution in [0, 0.1) is 5.92 Å². The molecule has 2 aliphatic carbocycles. The molecule has 7 unspecified atom stereocenters. The van der Waals surface area contributed by atoms with E-state index in [0.717, 1.165) is 42.1 Å². The normalized spacial score (nSPS) is 28.5. The number of phenolic OH excluding ortho intramolecular Hbond substituents is 1. The number of aliphatic hydroxyl groups is 2. The van der Waals surface area contributed by atoms with Crippen molar-refractivity contribution in [1.29, 1.82) is 0 Å². The first-order chi connectivity index (χ1) is 22.8. The molecule has 47 heavy (non-hydrogen) atoms. The molecule has 0 spiro atoms. The van der Waals surface area contributed by atoms with Crippen LogP contribution in [0.1, 0.15) is 99.0 Å². The second kappa shape index (κ2) is 13.3.